The summed E-state index contributed by atoms with van der Waals surface area (Å²) in [4.78, 5) is 101. The van der Waals surface area contributed by atoms with E-state index in [-0.39, 0.29) is 79.6 Å². The summed E-state index contributed by atoms with van der Waals surface area (Å²) in [5.41, 5.74) is 0.728. The number of hydrogen-bond donors (Lipinski definition) is 2. The van der Waals surface area contributed by atoms with Gasteiger partial charge in [0.1, 0.15) is 6.04 Å². The fraction of sp³-hybridized carbons (Fsp3) is 0.727. The number of sulfonamides is 1. The van der Waals surface area contributed by atoms with E-state index in [1.165, 1.54) is 26.4 Å². The molecule has 3 aliphatic rings. The molecular formula is C55H88N6O14S. The van der Waals surface area contributed by atoms with Crippen LogP contribution < -0.4 is 10.0 Å². The van der Waals surface area contributed by atoms with Gasteiger partial charge in [0.05, 0.1) is 94.1 Å². The van der Waals surface area contributed by atoms with Gasteiger partial charge in [0.15, 0.2) is 5.78 Å². The first kappa shape index (κ1) is 63.9. The van der Waals surface area contributed by atoms with E-state index in [1.807, 2.05) is 59.6 Å². The number of rotatable bonds is 36. The number of carbonyl (C=O) groups excluding carboxylic acids is 7. The minimum absolute atomic E-state index is 0.0208. The summed E-state index contributed by atoms with van der Waals surface area (Å²) in [6.45, 7) is 16.5. The van der Waals surface area contributed by atoms with Crippen LogP contribution in [0.2, 0.25) is 0 Å². The smallest absolute Gasteiger partial charge is 0.256 e. The van der Waals surface area contributed by atoms with Crippen LogP contribution in [0.25, 0.3) is 0 Å². The van der Waals surface area contributed by atoms with Gasteiger partial charge in [-0.3, -0.25) is 48.1 Å². The third-order valence-electron chi connectivity index (χ3n) is 15.1. The molecule has 1 aromatic rings. The van der Waals surface area contributed by atoms with Crippen molar-refractivity contribution in [2.24, 2.45) is 29.6 Å². The van der Waals surface area contributed by atoms with E-state index in [1.54, 1.807) is 48.0 Å². The Hall–Kier alpha value is -4.64. The molecule has 20 nitrogen and oxygen atoms in total. The van der Waals surface area contributed by atoms with E-state index in [0.717, 1.165) is 10.5 Å². The predicted octanol–water partition coefficient (Wildman–Crippen LogP) is 3.41. The summed E-state index contributed by atoms with van der Waals surface area (Å²) in [5, 5.41) is 2.16. The third kappa shape index (κ3) is 18.5. The molecule has 1 aromatic carbocycles. The second kappa shape index (κ2) is 31.1. The zero-order valence-electron chi connectivity index (χ0n) is 46.9. The Balaban J connectivity index is 1.34. The Bertz CT molecular complexity index is 2190. The second-order valence-electron chi connectivity index (χ2n) is 21.2. The number of benzene rings is 1. The zero-order valence-corrected chi connectivity index (χ0v) is 47.7. The van der Waals surface area contributed by atoms with Crippen molar-refractivity contribution in [2.45, 2.75) is 141 Å². The van der Waals surface area contributed by atoms with Crippen molar-refractivity contribution in [3.05, 3.63) is 48.0 Å². The zero-order chi connectivity index (χ0) is 56.3. The normalized spacial score (nSPS) is 19.2. The van der Waals surface area contributed by atoms with E-state index in [0.29, 0.717) is 78.2 Å². The van der Waals surface area contributed by atoms with Crippen LogP contribution in [0.4, 0.5) is 0 Å². The van der Waals surface area contributed by atoms with E-state index >= 15 is 0 Å². The number of amides is 6. The molecule has 21 heteroatoms. The Morgan fingerprint density at radius 1 is 0.776 bits per heavy atom. The number of likely N-dealkylation sites (tertiary alicyclic amines) is 1. The molecule has 6 amide bonds. The van der Waals surface area contributed by atoms with Crippen LogP contribution in [0.5, 0.6) is 0 Å². The summed E-state index contributed by atoms with van der Waals surface area (Å²) in [5.74, 6) is -4.38. The highest BCUT2D eigenvalue weighted by Gasteiger charge is 2.44. The lowest BCUT2D eigenvalue weighted by Crippen LogP contribution is -2.55. The molecule has 4 rings (SSSR count). The third-order valence-corrected chi connectivity index (χ3v) is 16.9. The number of imide groups is 1. The quantitative estimate of drug-likeness (QED) is 0.0724. The second-order valence-corrected chi connectivity index (χ2v) is 23.2. The summed E-state index contributed by atoms with van der Waals surface area (Å²) >= 11 is 0. The maximum absolute atomic E-state index is 14.7. The number of likely N-dealkylation sites (N-methyl/N-ethyl adjacent to an activating group) is 2. The molecule has 1 saturated carbocycles. The highest BCUT2D eigenvalue weighted by atomic mass is 32.2. The SMILES string of the molecule is CC[C@H](C)[C@@H]([C@@H](CC(=O)N1CCC[C@H]1[C@H](OC)[C@@H](C)C(=O)N[C@@H](Cc1ccccc1)C(=O)NS(=O)(=O)C1CC1)OC)N(C)C(=O)[C@@H](CC(=O)[C@H](C(C)C)N(C)CCOCCOCCOCCN1C(=O)C=CC1=O)C(C)C. The lowest BCUT2D eigenvalue weighted by molar-refractivity contribution is -0.149. The highest BCUT2D eigenvalue weighted by Crippen LogP contribution is 2.32. The van der Waals surface area contributed by atoms with Crippen molar-refractivity contribution in [3.63, 3.8) is 0 Å². The molecule has 9 atom stereocenters. The number of hydrogen-bond acceptors (Lipinski definition) is 15. The van der Waals surface area contributed by atoms with Crippen LogP contribution in [0.1, 0.15) is 99.0 Å². The minimum Gasteiger partial charge on any atom is -0.379 e. The predicted molar refractivity (Wildman–Crippen MR) is 286 cm³/mol. The molecular weight excluding hydrogens is 1000 g/mol. The molecule has 1 saturated heterocycles. The maximum atomic E-state index is 14.7. The molecule has 0 aromatic heterocycles. The number of methoxy groups -OCH3 is 2. The maximum Gasteiger partial charge on any atom is 0.256 e. The van der Waals surface area contributed by atoms with E-state index in [4.69, 9.17) is 23.7 Å². The number of nitrogens with one attached hydrogen (secondary N) is 2. The first-order chi connectivity index (χ1) is 36.1. The molecule has 0 unspecified atom stereocenters. The van der Waals surface area contributed by atoms with Crippen LogP contribution in [0.3, 0.4) is 0 Å². The monoisotopic (exact) mass is 1090 g/mol. The molecule has 2 heterocycles. The summed E-state index contributed by atoms with van der Waals surface area (Å²) in [7, 11) is 2.72. The summed E-state index contributed by atoms with van der Waals surface area (Å²) in [6.07, 6.45) is 3.80. The lowest BCUT2D eigenvalue weighted by atomic mass is 9.83. The van der Waals surface area contributed by atoms with E-state index < -0.39 is 75.3 Å². The Morgan fingerprint density at radius 2 is 1.38 bits per heavy atom. The van der Waals surface area contributed by atoms with Crippen molar-refractivity contribution in [1.29, 1.82) is 0 Å². The van der Waals surface area contributed by atoms with E-state index in [2.05, 4.69) is 10.0 Å². The van der Waals surface area contributed by atoms with Crippen LogP contribution in [-0.4, -0.2) is 198 Å². The topological polar surface area (TPSA) is 237 Å². The van der Waals surface area contributed by atoms with Gasteiger partial charge in [-0.2, -0.15) is 0 Å². The fourth-order valence-corrected chi connectivity index (χ4v) is 11.7. The van der Waals surface area contributed by atoms with Crippen LogP contribution >= 0.6 is 0 Å². The average Bonchev–Trinajstić information content (AvgIpc) is 4.07. The molecule has 0 bridgehead atoms. The van der Waals surface area contributed by atoms with Crippen molar-refractivity contribution in [3.8, 4) is 0 Å². The molecule has 0 spiro atoms. The highest BCUT2D eigenvalue weighted by molar-refractivity contribution is 7.90. The Kier molecular flexibility index (Phi) is 26.1. The van der Waals surface area contributed by atoms with Crippen molar-refractivity contribution >= 4 is 51.2 Å². The number of carbonyl (C=O) groups is 7. The number of ether oxygens (including phenoxy) is 5. The molecule has 76 heavy (non-hydrogen) atoms. The Morgan fingerprint density at radius 3 is 1.93 bits per heavy atom. The molecule has 428 valence electrons. The molecule has 1 aliphatic carbocycles. The van der Waals surface area contributed by atoms with Crippen molar-refractivity contribution < 1.29 is 65.7 Å². The van der Waals surface area contributed by atoms with Crippen molar-refractivity contribution in [2.75, 3.05) is 87.6 Å². The number of nitrogens with zero attached hydrogens (tertiary/aromatic N) is 4. The van der Waals surface area contributed by atoms with Gasteiger partial charge in [-0.1, -0.05) is 85.2 Å². The molecule has 2 fully saturated rings. The molecule has 2 aliphatic heterocycles. The first-order valence-electron chi connectivity index (χ1n) is 27.1. The van der Waals surface area contributed by atoms with Gasteiger partial charge >= 0.3 is 0 Å². The van der Waals surface area contributed by atoms with Gasteiger partial charge < -0.3 is 38.8 Å². The molecule has 0 radical (unpaired) electrons. The molecule has 2 N–H and O–H groups in total. The Labute approximate surface area is 451 Å². The van der Waals surface area contributed by atoms with Gasteiger partial charge in [0.25, 0.3) is 17.7 Å². The summed E-state index contributed by atoms with van der Waals surface area (Å²) in [6, 6.07) is 6.29. The number of ketones is 1. The van der Waals surface area contributed by atoms with Gasteiger partial charge in [-0.15, -0.1) is 0 Å². The summed E-state index contributed by atoms with van der Waals surface area (Å²) < 4.78 is 56.7. The van der Waals surface area contributed by atoms with Crippen LogP contribution in [0, 0.1) is 29.6 Å². The van der Waals surface area contributed by atoms with Crippen LogP contribution in [-0.2, 0) is 73.7 Å². The first-order valence-corrected chi connectivity index (χ1v) is 28.6. The van der Waals surface area contributed by atoms with E-state index in [9.17, 15) is 42.0 Å². The van der Waals surface area contributed by atoms with Gasteiger partial charge in [0, 0.05) is 65.3 Å². The standard InChI is InChI=1S/C55H88N6O14S/c1-12-38(6)51(59(9)55(68)42(36(2)3)34-45(62)50(37(4)5)58(8)25-27-73-29-31-75-32-30-74-28-26-61-47(63)22-23-48(61)64)46(71-10)35-49(65)60-24-16-19-44(60)52(72-11)39(7)53(66)56-43(33-40-17-14-13-15-18-40)54(67)57-76(69,70)41-20-21-41/h13-15,17-18,22-23,36-39,41-44,46,50-52H,12,16,19-21,24-35H2,1-11H3,(H,56,66)(H,57,67)/t38-,39+,42-,43-,44-,46+,50-,51-,52+/m0/s1. The van der Waals surface area contributed by atoms with Crippen LogP contribution in [0.15, 0.2) is 42.5 Å². The largest absolute Gasteiger partial charge is 0.379 e. The number of Topliss-reactive ketones (excluding diaryl/α,β-unsaturated/α-hetero) is 1. The van der Waals surface area contributed by atoms with Gasteiger partial charge in [-0.05, 0) is 56.0 Å². The average molecular weight is 1090 g/mol. The minimum atomic E-state index is -3.89. The lowest BCUT2D eigenvalue weighted by Gasteiger charge is -2.41. The van der Waals surface area contributed by atoms with Gasteiger partial charge in [0.2, 0.25) is 27.7 Å². The van der Waals surface area contributed by atoms with Gasteiger partial charge in [-0.25, -0.2) is 8.42 Å². The fourth-order valence-electron chi connectivity index (χ4n) is 10.4. The van der Waals surface area contributed by atoms with Crippen molar-refractivity contribution in [1.82, 2.24) is 29.6 Å².